The van der Waals surface area contributed by atoms with Crippen LogP contribution in [0.25, 0.3) is 0 Å². The summed E-state index contributed by atoms with van der Waals surface area (Å²) < 4.78 is 42.7. The number of hydrogen-bond donors (Lipinski definition) is 0. The third-order valence-corrected chi connectivity index (χ3v) is 3.23. The number of hydrogen-bond acceptors (Lipinski definition) is 1. The lowest BCUT2D eigenvalue weighted by Crippen LogP contribution is -2.24. The fraction of sp³-hybridized carbons (Fsp3) is 1.00. The molecule has 0 aliphatic heterocycles. The molecule has 0 heterocycles. The highest BCUT2D eigenvalue weighted by Crippen LogP contribution is 2.39. The van der Waals surface area contributed by atoms with Gasteiger partial charge in [-0.1, -0.05) is 19.3 Å². The first-order valence-electron chi connectivity index (χ1n) is 5.59. The molecule has 90 valence electrons. The lowest BCUT2D eigenvalue weighted by Gasteiger charge is -2.22. The zero-order chi connectivity index (χ0) is 11.3. The number of ether oxygens (including phenoxy) is 1. The number of rotatable bonds is 3. The van der Waals surface area contributed by atoms with Crippen LogP contribution >= 0.6 is 0 Å². The van der Waals surface area contributed by atoms with E-state index in [2.05, 4.69) is 0 Å². The first-order chi connectivity index (χ1) is 7.04. The standard InChI is InChI=1S/C11H19F3O/c1-15-7-6-9-4-2-3-5-10(8-9)11(12,13)14/h9-10H,2-8H2,1H3/t9?,10-/m0/s1. The number of alkyl halides is 3. The minimum absolute atomic E-state index is 0.194. The highest BCUT2D eigenvalue weighted by atomic mass is 19.4. The molecule has 4 heteroatoms. The molecular weight excluding hydrogens is 205 g/mol. The molecule has 1 aliphatic rings. The van der Waals surface area contributed by atoms with E-state index in [4.69, 9.17) is 4.74 Å². The van der Waals surface area contributed by atoms with Gasteiger partial charge in [0.15, 0.2) is 0 Å². The van der Waals surface area contributed by atoms with Gasteiger partial charge in [0.2, 0.25) is 0 Å². The van der Waals surface area contributed by atoms with Gasteiger partial charge >= 0.3 is 6.18 Å². The van der Waals surface area contributed by atoms with E-state index in [1.54, 1.807) is 7.11 Å². The predicted molar refractivity (Wildman–Crippen MR) is 52.6 cm³/mol. The van der Waals surface area contributed by atoms with Gasteiger partial charge in [-0.05, 0) is 25.2 Å². The molecule has 1 nitrogen and oxygen atoms in total. The Balaban J connectivity index is 2.46. The smallest absolute Gasteiger partial charge is 0.385 e. The highest BCUT2D eigenvalue weighted by Gasteiger charge is 2.40. The topological polar surface area (TPSA) is 9.23 Å². The summed E-state index contributed by atoms with van der Waals surface area (Å²) in [6, 6.07) is 0. The van der Waals surface area contributed by atoms with Crippen LogP contribution in [0.2, 0.25) is 0 Å². The Bertz CT molecular complexity index is 179. The molecule has 0 aromatic rings. The molecule has 15 heavy (non-hydrogen) atoms. The molecule has 0 amide bonds. The molecule has 1 fully saturated rings. The van der Waals surface area contributed by atoms with Gasteiger partial charge in [-0.3, -0.25) is 0 Å². The normalized spacial score (nSPS) is 28.8. The Morgan fingerprint density at radius 2 is 1.87 bits per heavy atom. The van der Waals surface area contributed by atoms with Crippen LogP contribution in [-0.2, 0) is 4.74 Å². The molecule has 1 aliphatic carbocycles. The van der Waals surface area contributed by atoms with Crippen LogP contribution < -0.4 is 0 Å². The number of halogens is 3. The lowest BCUT2D eigenvalue weighted by atomic mass is 9.91. The first kappa shape index (κ1) is 12.8. The molecule has 0 N–H and O–H groups in total. The third kappa shape index (κ3) is 4.41. The van der Waals surface area contributed by atoms with Gasteiger partial charge in [0, 0.05) is 13.7 Å². The van der Waals surface area contributed by atoms with Crippen LogP contribution in [0.15, 0.2) is 0 Å². The van der Waals surface area contributed by atoms with Crippen molar-refractivity contribution in [3.63, 3.8) is 0 Å². The molecule has 1 unspecified atom stereocenters. The summed E-state index contributed by atoms with van der Waals surface area (Å²) in [5, 5.41) is 0. The van der Waals surface area contributed by atoms with Crippen molar-refractivity contribution < 1.29 is 17.9 Å². The largest absolute Gasteiger partial charge is 0.391 e. The molecule has 0 bridgehead atoms. The highest BCUT2D eigenvalue weighted by molar-refractivity contribution is 4.76. The number of methoxy groups -OCH3 is 1. The van der Waals surface area contributed by atoms with E-state index >= 15 is 0 Å². The summed E-state index contributed by atoms with van der Waals surface area (Å²) in [5.41, 5.74) is 0. The minimum atomic E-state index is -4.00. The summed E-state index contributed by atoms with van der Waals surface area (Å²) in [6.45, 7) is 0.579. The van der Waals surface area contributed by atoms with E-state index in [0.717, 1.165) is 19.3 Å². The van der Waals surface area contributed by atoms with Crippen molar-refractivity contribution in [1.82, 2.24) is 0 Å². The lowest BCUT2D eigenvalue weighted by molar-refractivity contribution is -0.180. The second-order valence-electron chi connectivity index (χ2n) is 4.41. The average molecular weight is 224 g/mol. The van der Waals surface area contributed by atoms with Crippen LogP contribution in [0.4, 0.5) is 13.2 Å². The molecule has 0 radical (unpaired) electrons. The summed E-state index contributed by atoms with van der Waals surface area (Å²) in [7, 11) is 1.60. The van der Waals surface area contributed by atoms with Crippen molar-refractivity contribution in [2.24, 2.45) is 11.8 Å². The minimum Gasteiger partial charge on any atom is -0.385 e. The van der Waals surface area contributed by atoms with Gasteiger partial charge in [-0.25, -0.2) is 0 Å². The predicted octanol–water partition coefficient (Wildman–Crippen LogP) is 3.78. The Labute approximate surface area is 89.0 Å². The van der Waals surface area contributed by atoms with E-state index in [9.17, 15) is 13.2 Å². The van der Waals surface area contributed by atoms with Crippen LogP contribution in [0.1, 0.15) is 38.5 Å². The second kappa shape index (κ2) is 5.73. The molecule has 0 aromatic heterocycles. The van der Waals surface area contributed by atoms with Gasteiger partial charge in [0.25, 0.3) is 0 Å². The molecule has 0 spiro atoms. The second-order valence-corrected chi connectivity index (χ2v) is 4.41. The van der Waals surface area contributed by atoms with Crippen molar-refractivity contribution in [1.29, 1.82) is 0 Å². The monoisotopic (exact) mass is 224 g/mol. The Morgan fingerprint density at radius 3 is 2.47 bits per heavy atom. The molecule has 1 rings (SSSR count). The van der Waals surface area contributed by atoms with Crippen LogP contribution in [0.3, 0.4) is 0 Å². The summed E-state index contributed by atoms with van der Waals surface area (Å²) >= 11 is 0. The molecule has 1 saturated carbocycles. The Kier molecular flexibility index (Phi) is 4.90. The van der Waals surface area contributed by atoms with E-state index < -0.39 is 12.1 Å². The summed E-state index contributed by atoms with van der Waals surface area (Å²) in [5.74, 6) is -0.888. The zero-order valence-electron chi connectivity index (χ0n) is 9.15. The Morgan fingerprint density at radius 1 is 1.20 bits per heavy atom. The van der Waals surface area contributed by atoms with Crippen molar-refractivity contribution in [2.75, 3.05) is 13.7 Å². The van der Waals surface area contributed by atoms with Crippen molar-refractivity contribution in [3.8, 4) is 0 Å². The molecule has 0 saturated heterocycles. The van der Waals surface area contributed by atoms with Crippen LogP contribution in [0, 0.1) is 11.8 Å². The zero-order valence-corrected chi connectivity index (χ0v) is 9.15. The Hall–Kier alpha value is -0.250. The maximum absolute atomic E-state index is 12.6. The third-order valence-electron chi connectivity index (χ3n) is 3.23. The quantitative estimate of drug-likeness (QED) is 0.663. The molecule has 0 aromatic carbocycles. The fourth-order valence-electron chi connectivity index (χ4n) is 2.31. The van der Waals surface area contributed by atoms with E-state index in [0.29, 0.717) is 25.9 Å². The van der Waals surface area contributed by atoms with Gasteiger partial charge < -0.3 is 4.74 Å². The van der Waals surface area contributed by atoms with Crippen molar-refractivity contribution >= 4 is 0 Å². The van der Waals surface area contributed by atoms with Gasteiger partial charge in [0.05, 0.1) is 5.92 Å². The maximum atomic E-state index is 12.6. The maximum Gasteiger partial charge on any atom is 0.391 e. The van der Waals surface area contributed by atoms with E-state index in [-0.39, 0.29) is 5.92 Å². The van der Waals surface area contributed by atoms with Crippen LogP contribution in [0.5, 0.6) is 0 Å². The fourth-order valence-corrected chi connectivity index (χ4v) is 2.31. The van der Waals surface area contributed by atoms with Gasteiger partial charge in [-0.2, -0.15) is 13.2 Å². The van der Waals surface area contributed by atoms with Crippen LogP contribution in [-0.4, -0.2) is 19.9 Å². The average Bonchev–Trinajstić information content (AvgIpc) is 2.38. The van der Waals surface area contributed by atoms with E-state index in [1.807, 2.05) is 0 Å². The SMILES string of the molecule is COCCC1CCCC[C@H](C(F)(F)F)C1. The molecular formula is C11H19F3O. The van der Waals surface area contributed by atoms with Gasteiger partial charge in [-0.15, -0.1) is 0 Å². The molecule has 2 atom stereocenters. The first-order valence-corrected chi connectivity index (χ1v) is 5.59. The summed E-state index contributed by atoms with van der Waals surface area (Å²) in [4.78, 5) is 0. The van der Waals surface area contributed by atoms with Gasteiger partial charge in [0.1, 0.15) is 0 Å². The van der Waals surface area contributed by atoms with Crippen molar-refractivity contribution in [3.05, 3.63) is 0 Å². The van der Waals surface area contributed by atoms with E-state index in [1.165, 1.54) is 0 Å². The summed E-state index contributed by atoms with van der Waals surface area (Å²) in [6.07, 6.45) is -0.0524. The van der Waals surface area contributed by atoms with Crippen molar-refractivity contribution in [2.45, 2.75) is 44.7 Å².